The van der Waals surface area contributed by atoms with Crippen molar-refractivity contribution in [2.24, 2.45) is 5.41 Å². The molecule has 0 radical (unpaired) electrons. The predicted molar refractivity (Wildman–Crippen MR) is 87.8 cm³/mol. The molecule has 0 atom stereocenters. The highest BCUT2D eigenvalue weighted by atomic mass is 16.5. The normalized spacial score (nSPS) is 11.0. The molecule has 1 aromatic carbocycles. The maximum atomic E-state index is 12.4. The summed E-state index contributed by atoms with van der Waals surface area (Å²) in [5, 5.41) is 5.40. The van der Waals surface area contributed by atoms with Gasteiger partial charge < -0.3 is 15.4 Å². The van der Waals surface area contributed by atoms with Crippen molar-refractivity contribution in [3.8, 4) is 5.75 Å². The standard InChI is InChI=1S/C17H24N2O3/c1-6-11-18-15(20)17(4,5)16(21)19-13-9-7-8-10-14(13)22-12(2)3/h6-10,12H,1,11H2,2-5H3,(H,18,20)(H,19,21). The van der Waals surface area contributed by atoms with Gasteiger partial charge in [-0.2, -0.15) is 0 Å². The molecule has 0 bridgehead atoms. The van der Waals surface area contributed by atoms with Crippen molar-refractivity contribution in [3.05, 3.63) is 36.9 Å². The van der Waals surface area contributed by atoms with E-state index in [-0.39, 0.29) is 12.0 Å². The molecule has 5 nitrogen and oxygen atoms in total. The number of hydrogen-bond donors (Lipinski definition) is 2. The first-order chi connectivity index (χ1) is 10.3. The van der Waals surface area contributed by atoms with Gasteiger partial charge in [0, 0.05) is 6.54 Å². The molecule has 1 rings (SSSR count). The van der Waals surface area contributed by atoms with E-state index in [1.165, 1.54) is 0 Å². The van der Waals surface area contributed by atoms with Crippen molar-refractivity contribution >= 4 is 17.5 Å². The maximum Gasteiger partial charge on any atom is 0.239 e. The first-order valence-corrected chi connectivity index (χ1v) is 7.25. The summed E-state index contributed by atoms with van der Waals surface area (Å²) in [6.07, 6.45) is 1.56. The molecule has 0 heterocycles. The first-order valence-electron chi connectivity index (χ1n) is 7.25. The Labute approximate surface area is 131 Å². The van der Waals surface area contributed by atoms with Crippen LogP contribution < -0.4 is 15.4 Å². The molecule has 0 saturated heterocycles. The number of benzene rings is 1. The molecule has 0 aromatic heterocycles. The second-order valence-corrected chi connectivity index (χ2v) is 5.74. The predicted octanol–water partition coefficient (Wildman–Crippen LogP) is 2.74. The molecular weight excluding hydrogens is 280 g/mol. The summed E-state index contributed by atoms with van der Waals surface area (Å²) in [5.41, 5.74) is -0.653. The van der Waals surface area contributed by atoms with Crippen LogP contribution >= 0.6 is 0 Å². The van der Waals surface area contributed by atoms with Crippen molar-refractivity contribution in [2.75, 3.05) is 11.9 Å². The third-order valence-corrected chi connectivity index (χ3v) is 3.04. The second-order valence-electron chi connectivity index (χ2n) is 5.74. The Hall–Kier alpha value is -2.30. The van der Waals surface area contributed by atoms with Crippen LogP contribution in [0.15, 0.2) is 36.9 Å². The zero-order valence-corrected chi connectivity index (χ0v) is 13.6. The molecule has 0 aliphatic rings. The molecule has 5 heteroatoms. The van der Waals surface area contributed by atoms with Gasteiger partial charge in [0.1, 0.15) is 11.2 Å². The van der Waals surface area contributed by atoms with Gasteiger partial charge in [-0.1, -0.05) is 18.2 Å². The number of carbonyl (C=O) groups excluding carboxylic acids is 2. The van der Waals surface area contributed by atoms with Crippen molar-refractivity contribution in [2.45, 2.75) is 33.8 Å². The fourth-order valence-corrected chi connectivity index (χ4v) is 1.69. The molecule has 1 aromatic rings. The van der Waals surface area contributed by atoms with Gasteiger partial charge in [0.2, 0.25) is 11.8 Å². The van der Waals surface area contributed by atoms with Gasteiger partial charge in [-0.15, -0.1) is 6.58 Å². The number of carbonyl (C=O) groups is 2. The maximum absolute atomic E-state index is 12.4. The number of para-hydroxylation sites is 2. The molecule has 2 N–H and O–H groups in total. The molecule has 0 fully saturated rings. The van der Waals surface area contributed by atoms with E-state index < -0.39 is 11.3 Å². The average Bonchev–Trinajstić information content (AvgIpc) is 2.46. The van der Waals surface area contributed by atoms with Crippen LogP contribution in [0.1, 0.15) is 27.7 Å². The van der Waals surface area contributed by atoms with Gasteiger partial charge in [0.15, 0.2) is 0 Å². The van der Waals surface area contributed by atoms with Crippen LogP contribution in [-0.4, -0.2) is 24.5 Å². The van der Waals surface area contributed by atoms with Crippen molar-refractivity contribution in [3.63, 3.8) is 0 Å². The quantitative estimate of drug-likeness (QED) is 0.601. The van der Waals surface area contributed by atoms with Gasteiger partial charge >= 0.3 is 0 Å². The summed E-state index contributed by atoms with van der Waals surface area (Å²) >= 11 is 0. The monoisotopic (exact) mass is 304 g/mol. The molecule has 0 aliphatic carbocycles. The fraction of sp³-hybridized carbons (Fsp3) is 0.412. The van der Waals surface area contributed by atoms with Gasteiger partial charge in [0.05, 0.1) is 11.8 Å². The number of anilines is 1. The van der Waals surface area contributed by atoms with Crippen LogP contribution in [0.2, 0.25) is 0 Å². The van der Waals surface area contributed by atoms with E-state index in [1.54, 1.807) is 38.1 Å². The lowest BCUT2D eigenvalue weighted by Crippen LogP contribution is -2.45. The summed E-state index contributed by atoms with van der Waals surface area (Å²) < 4.78 is 5.66. The van der Waals surface area contributed by atoms with E-state index in [4.69, 9.17) is 4.74 Å². The number of ether oxygens (including phenoxy) is 1. The Morgan fingerprint density at radius 1 is 1.27 bits per heavy atom. The van der Waals surface area contributed by atoms with Crippen LogP contribution in [0.3, 0.4) is 0 Å². The lowest BCUT2D eigenvalue weighted by Gasteiger charge is -2.23. The van der Waals surface area contributed by atoms with E-state index >= 15 is 0 Å². The molecule has 0 saturated carbocycles. The van der Waals surface area contributed by atoms with Gasteiger partial charge in [-0.25, -0.2) is 0 Å². The SMILES string of the molecule is C=CCNC(=O)C(C)(C)C(=O)Nc1ccccc1OC(C)C. The highest BCUT2D eigenvalue weighted by Gasteiger charge is 2.36. The smallest absolute Gasteiger partial charge is 0.239 e. The van der Waals surface area contributed by atoms with E-state index in [1.807, 2.05) is 19.9 Å². The van der Waals surface area contributed by atoms with Gasteiger partial charge in [-0.05, 0) is 39.8 Å². The number of amides is 2. The van der Waals surface area contributed by atoms with Crippen LogP contribution in [0.25, 0.3) is 0 Å². The highest BCUT2D eigenvalue weighted by molar-refractivity contribution is 6.10. The van der Waals surface area contributed by atoms with E-state index in [0.717, 1.165) is 0 Å². The summed E-state index contributed by atoms with van der Waals surface area (Å²) in [7, 11) is 0. The Kier molecular flexibility index (Phi) is 6.16. The summed E-state index contributed by atoms with van der Waals surface area (Å²) in [6, 6.07) is 7.15. The van der Waals surface area contributed by atoms with Crippen LogP contribution in [0.5, 0.6) is 5.75 Å². The minimum Gasteiger partial charge on any atom is -0.489 e. The van der Waals surface area contributed by atoms with Gasteiger partial charge in [-0.3, -0.25) is 9.59 Å². The summed E-state index contributed by atoms with van der Waals surface area (Å²) in [4.78, 5) is 24.5. The number of nitrogens with one attached hydrogen (secondary N) is 2. The Morgan fingerprint density at radius 2 is 1.91 bits per heavy atom. The number of rotatable bonds is 7. The van der Waals surface area contributed by atoms with E-state index in [2.05, 4.69) is 17.2 Å². The minimum atomic E-state index is -1.20. The van der Waals surface area contributed by atoms with Crippen LogP contribution in [-0.2, 0) is 9.59 Å². The lowest BCUT2D eigenvalue weighted by atomic mass is 9.91. The Bertz CT molecular complexity index is 551. The van der Waals surface area contributed by atoms with Crippen LogP contribution in [0, 0.1) is 5.41 Å². The number of hydrogen-bond acceptors (Lipinski definition) is 3. The van der Waals surface area contributed by atoms with Crippen molar-refractivity contribution < 1.29 is 14.3 Å². The second kappa shape index (κ2) is 7.64. The molecule has 22 heavy (non-hydrogen) atoms. The van der Waals surface area contributed by atoms with Crippen LogP contribution in [0.4, 0.5) is 5.69 Å². The zero-order chi connectivity index (χ0) is 16.8. The molecule has 120 valence electrons. The third-order valence-electron chi connectivity index (χ3n) is 3.04. The van der Waals surface area contributed by atoms with E-state index in [0.29, 0.717) is 18.0 Å². The van der Waals surface area contributed by atoms with E-state index in [9.17, 15) is 9.59 Å². The fourth-order valence-electron chi connectivity index (χ4n) is 1.69. The van der Waals surface area contributed by atoms with Crippen molar-refractivity contribution in [1.29, 1.82) is 0 Å². The minimum absolute atomic E-state index is 0.0121. The summed E-state index contributed by atoms with van der Waals surface area (Å²) in [5.74, 6) is -0.172. The van der Waals surface area contributed by atoms with Gasteiger partial charge in [0.25, 0.3) is 0 Å². The zero-order valence-electron chi connectivity index (χ0n) is 13.6. The third kappa shape index (κ3) is 4.62. The first kappa shape index (κ1) is 17.8. The Balaban J connectivity index is 2.88. The molecule has 0 spiro atoms. The molecule has 2 amide bonds. The molecule has 0 unspecified atom stereocenters. The highest BCUT2D eigenvalue weighted by Crippen LogP contribution is 2.27. The topological polar surface area (TPSA) is 67.4 Å². The average molecular weight is 304 g/mol. The van der Waals surface area contributed by atoms with Crippen molar-refractivity contribution in [1.82, 2.24) is 5.32 Å². The largest absolute Gasteiger partial charge is 0.489 e. The lowest BCUT2D eigenvalue weighted by molar-refractivity contribution is -0.138. The summed E-state index contributed by atoms with van der Waals surface area (Å²) in [6.45, 7) is 10.8. The Morgan fingerprint density at radius 3 is 2.50 bits per heavy atom. The molecular formula is C17H24N2O3. The molecule has 0 aliphatic heterocycles.